The monoisotopic (exact) mass is 393 g/mol. The van der Waals surface area contributed by atoms with Gasteiger partial charge in [0.2, 0.25) is 5.88 Å². The molecule has 1 N–H and O–H groups in total. The van der Waals surface area contributed by atoms with Gasteiger partial charge in [0, 0.05) is 16.7 Å². The molecular weight excluding hydrogens is 378 g/mol. The van der Waals surface area contributed by atoms with Gasteiger partial charge in [-0.05, 0) is 46.3 Å². The first-order chi connectivity index (χ1) is 11.6. The molecule has 1 aliphatic rings. The van der Waals surface area contributed by atoms with E-state index >= 15 is 0 Å². The maximum Gasteiger partial charge on any atom is 0.415 e. The Labute approximate surface area is 147 Å². The van der Waals surface area contributed by atoms with Crippen molar-refractivity contribution in [3.05, 3.63) is 47.1 Å². The summed E-state index contributed by atoms with van der Waals surface area (Å²) in [5.74, 6) is 1.01. The smallest absolute Gasteiger partial charge is 0.415 e. The van der Waals surface area contributed by atoms with E-state index in [-0.39, 0.29) is 6.10 Å². The predicted molar refractivity (Wildman–Crippen MR) is 91.0 cm³/mol. The lowest BCUT2D eigenvalue weighted by atomic mass is 10.2. The summed E-state index contributed by atoms with van der Waals surface area (Å²) in [6.45, 7) is 0.944. The lowest BCUT2D eigenvalue weighted by molar-refractivity contribution is 0.0258. The van der Waals surface area contributed by atoms with E-state index in [1.165, 1.54) is 7.11 Å². The summed E-state index contributed by atoms with van der Waals surface area (Å²) in [5, 5.41) is 0. The van der Waals surface area contributed by atoms with Gasteiger partial charge in [0.15, 0.2) is 0 Å². The number of hydrogen-bond acceptors (Lipinski definition) is 6. The summed E-state index contributed by atoms with van der Waals surface area (Å²) in [6, 6.07) is 10.5. The molecule has 126 valence electrons. The zero-order valence-electron chi connectivity index (χ0n) is 12.9. The number of halogens is 1. The standard InChI is InChI=1S/C16H16BrN3O4/c1-22-19-12-3-5-13(6-4-12)24-16(21)20-9-14(10-20)23-15-7-2-11(17)8-18-15/h2-8,14,19H,9-10H2,1H3. The molecule has 0 atom stereocenters. The Kier molecular flexibility index (Phi) is 5.17. The van der Waals surface area contributed by atoms with Crippen LogP contribution in [0.5, 0.6) is 11.6 Å². The fourth-order valence-electron chi connectivity index (χ4n) is 2.14. The van der Waals surface area contributed by atoms with E-state index in [0.29, 0.717) is 24.7 Å². The number of ether oxygens (including phenoxy) is 2. The fraction of sp³-hybridized carbons (Fsp3) is 0.250. The number of carbonyl (C=O) groups excluding carboxylic acids is 1. The number of amides is 1. The molecule has 2 heterocycles. The number of nitrogens with zero attached hydrogens (tertiary/aromatic N) is 2. The van der Waals surface area contributed by atoms with Crippen LogP contribution in [0.4, 0.5) is 10.5 Å². The van der Waals surface area contributed by atoms with E-state index in [0.717, 1.165) is 10.2 Å². The lowest BCUT2D eigenvalue weighted by Gasteiger charge is -2.37. The van der Waals surface area contributed by atoms with Crippen LogP contribution >= 0.6 is 15.9 Å². The van der Waals surface area contributed by atoms with Crippen LogP contribution in [0.25, 0.3) is 0 Å². The average Bonchev–Trinajstić information content (AvgIpc) is 2.54. The van der Waals surface area contributed by atoms with Crippen LogP contribution in [0.3, 0.4) is 0 Å². The Balaban J connectivity index is 1.45. The van der Waals surface area contributed by atoms with Crippen LogP contribution in [-0.2, 0) is 4.84 Å². The largest absolute Gasteiger partial charge is 0.471 e. The third-order valence-corrected chi connectivity index (χ3v) is 3.84. The number of pyridine rings is 1. The van der Waals surface area contributed by atoms with Crippen LogP contribution in [0.2, 0.25) is 0 Å². The van der Waals surface area contributed by atoms with Crippen LogP contribution in [0, 0.1) is 0 Å². The first-order valence-corrected chi connectivity index (χ1v) is 8.07. The maximum absolute atomic E-state index is 12.0. The summed E-state index contributed by atoms with van der Waals surface area (Å²) >= 11 is 3.32. The summed E-state index contributed by atoms with van der Waals surface area (Å²) in [4.78, 5) is 22.5. The van der Waals surface area contributed by atoms with Gasteiger partial charge in [0.25, 0.3) is 0 Å². The molecule has 8 heteroatoms. The van der Waals surface area contributed by atoms with E-state index < -0.39 is 6.09 Å². The lowest BCUT2D eigenvalue weighted by Crippen LogP contribution is -2.57. The number of likely N-dealkylation sites (tertiary alicyclic amines) is 1. The van der Waals surface area contributed by atoms with E-state index in [9.17, 15) is 4.79 Å². The first-order valence-electron chi connectivity index (χ1n) is 7.28. The Morgan fingerprint density at radius 2 is 2.00 bits per heavy atom. The van der Waals surface area contributed by atoms with Crippen molar-refractivity contribution in [2.75, 3.05) is 25.7 Å². The van der Waals surface area contributed by atoms with Crippen molar-refractivity contribution < 1.29 is 19.1 Å². The van der Waals surface area contributed by atoms with Crippen molar-refractivity contribution >= 4 is 27.7 Å². The molecule has 3 rings (SSSR count). The number of hydrogen-bond donors (Lipinski definition) is 1. The molecule has 24 heavy (non-hydrogen) atoms. The van der Waals surface area contributed by atoms with Gasteiger partial charge in [-0.15, -0.1) is 0 Å². The van der Waals surface area contributed by atoms with Crippen LogP contribution < -0.4 is 15.0 Å². The zero-order valence-corrected chi connectivity index (χ0v) is 14.5. The highest BCUT2D eigenvalue weighted by atomic mass is 79.9. The second kappa shape index (κ2) is 7.50. The van der Waals surface area contributed by atoms with Gasteiger partial charge in [0.05, 0.1) is 25.9 Å². The Bertz CT molecular complexity index is 687. The Morgan fingerprint density at radius 3 is 2.62 bits per heavy atom. The van der Waals surface area contributed by atoms with E-state index in [1.807, 2.05) is 6.07 Å². The molecule has 0 spiro atoms. The topological polar surface area (TPSA) is 72.9 Å². The molecule has 0 radical (unpaired) electrons. The highest BCUT2D eigenvalue weighted by Crippen LogP contribution is 2.21. The molecule has 2 aromatic rings. The van der Waals surface area contributed by atoms with Crippen molar-refractivity contribution in [3.63, 3.8) is 0 Å². The molecule has 1 aliphatic heterocycles. The molecule has 1 aromatic heterocycles. The predicted octanol–water partition coefficient (Wildman–Crippen LogP) is 3.08. The molecule has 1 aromatic carbocycles. The average molecular weight is 394 g/mol. The third-order valence-electron chi connectivity index (χ3n) is 3.37. The molecule has 1 amide bonds. The van der Waals surface area contributed by atoms with Crippen molar-refractivity contribution in [2.24, 2.45) is 0 Å². The van der Waals surface area contributed by atoms with Crippen molar-refractivity contribution in [3.8, 4) is 11.6 Å². The highest BCUT2D eigenvalue weighted by Gasteiger charge is 2.33. The van der Waals surface area contributed by atoms with Gasteiger partial charge in [-0.3, -0.25) is 10.3 Å². The van der Waals surface area contributed by atoms with Gasteiger partial charge in [-0.1, -0.05) is 0 Å². The molecule has 0 saturated carbocycles. The Hall–Kier alpha value is -2.32. The van der Waals surface area contributed by atoms with Gasteiger partial charge in [-0.25, -0.2) is 9.78 Å². The van der Waals surface area contributed by atoms with E-state index in [2.05, 4.69) is 26.4 Å². The summed E-state index contributed by atoms with van der Waals surface area (Å²) in [6.07, 6.45) is 1.20. The number of anilines is 1. The van der Waals surface area contributed by atoms with Crippen LogP contribution in [0.1, 0.15) is 0 Å². The van der Waals surface area contributed by atoms with E-state index in [1.54, 1.807) is 41.4 Å². The third kappa shape index (κ3) is 4.15. The number of carbonyl (C=O) groups is 1. The summed E-state index contributed by atoms with van der Waals surface area (Å²) in [5.41, 5.74) is 3.46. The number of aromatic nitrogens is 1. The summed E-state index contributed by atoms with van der Waals surface area (Å²) in [7, 11) is 1.53. The van der Waals surface area contributed by atoms with Gasteiger partial charge in [0.1, 0.15) is 11.9 Å². The normalized spacial score (nSPS) is 14.0. The first kappa shape index (κ1) is 16.5. The van der Waals surface area contributed by atoms with Crippen LogP contribution in [0.15, 0.2) is 47.1 Å². The maximum atomic E-state index is 12.0. The minimum atomic E-state index is -0.397. The SMILES string of the molecule is CONc1ccc(OC(=O)N2CC(Oc3ccc(Br)cn3)C2)cc1. The number of nitrogens with one attached hydrogen (secondary N) is 1. The van der Waals surface area contributed by atoms with Gasteiger partial charge in [-0.2, -0.15) is 0 Å². The summed E-state index contributed by atoms with van der Waals surface area (Å²) < 4.78 is 11.9. The Morgan fingerprint density at radius 1 is 1.25 bits per heavy atom. The molecule has 0 aliphatic carbocycles. The molecule has 7 nitrogen and oxygen atoms in total. The van der Waals surface area contributed by atoms with E-state index in [4.69, 9.17) is 14.3 Å². The minimum Gasteiger partial charge on any atom is -0.471 e. The molecule has 0 unspecified atom stereocenters. The second-order valence-electron chi connectivity index (χ2n) is 5.16. The van der Waals surface area contributed by atoms with Gasteiger partial charge >= 0.3 is 6.09 Å². The second-order valence-corrected chi connectivity index (χ2v) is 6.07. The van der Waals surface area contributed by atoms with Crippen LogP contribution in [-0.4, -0.2) is 42.3 Å². The molecule has 1 fully saturated rings. The number of rotatable bonds is 5. The highest BCUT2D eigenvalue weighted by molar-refractivity contribution is 9.10. The fourth-order valence-corrected chi connectivity index (χ4v) is 2.37. The van der Waals surface area contributed by atoms with Crippen molar-refractivity contribution in [1.82, 2.24) is 9.88 Å². The van der Waals surface area contributed by atoms with Crippen molar-refractivity contribution in [1.29, 1.82) is 0 Å². The quantitative estimate of drug-likeness (QED) is 0.786. The molecule has 0 bridgehead atoms. The van der Waals surface area contributed by atoms with Gasteiger partial charge < -0.3 is 14.4 Å². The zero-order chi connectivity index (χ0) is 16.9. The molecular formula is C16H16BrN3O4. The molecule has 1 saturated heterocycles. The number of benzene rings is 1. The van der Waals surface area contributed by atoms with Crippen molar-refractivity contribution in [2.45, 2.75) is 6.10 Å². The minimum absolute atomic E-state index is 0.0699.